The Bertz CT molecular complexity index is 779. The van der Waals surface area contributed by atoms with Gasteiger partial charge in [0.15, 0.2) is 0 Å². The molecule has 0 aromatic heterocycles. The molecule has 0 heterocycles. The molecule has 3 aliphatic carbocycles. The molecule has 0 aromatic rings. The van der Waals surface area contributed by atoms with E-state index in [-0.39, 0.29) is 11.5 Å². The fourth-order valence-electron chi connectivity index (χ4n) is 5.07. The highest BCUT2D eigenvalue weighted by atomic mass is 16.3. The average molecular weight is 395 g/mol. The van der Waals surface area contributed by atoms with E-state index in [0.717, 1.165) is 44.9 Å². The Morgan fingerprint density at radius 2 is 1.97 bits per heavy atom. The largest absolute Gasteiger partial charge is 0.393 e. The highest BCUT2D eigenvalue weighted by Gasteiger charge is 2.39. The molecule has 2 saturated carbocycles. The van der Waals surface area contributed by atoms with E-state index >= 15 is 0 Å². The van der Waals surface area contributed by atoms with Gasteiger partial charge < -0.3 is 10.2 Å². The van der Waals surface area contributed by atoms with Crippen LogP contribution in [-0.4, -0.2) is 21.9 Å². The summed E-state index contributed by atoms with van der Waals surface area (Å²) < 4.78 is 0. The first-order chi connectivity index (χ1) is 13.9. The van der Waals surface area contributed by atoms with E-state index in [1.807, 2.05) is 13.8 Å². The van der Waals surface area contributed by atoms with Crippen LogP contribution in [0.2, 0.25) is 0 Å². The Morgan fingerprint density at radius 1 is 1.17 bits per heavy atom. The van der Waals surface area contributed by atoms with Crippen LogP contribution in [0.25, 0.3) is 0 Å². The lowest BCUT2D eigenvalue weighted by Crippen LogP contribution is -2.25. The van der Waals surface area contributed by atoms with Crippen LogP contribution in [0, 0.1) is 17.3 Å². The van der Waals surface area contributed by atoms with Crippen LogP contribution in [0.15, 0.2) is 46.6 Å². The summed E-state index contributed by atoms with van der Waals surface area (Å²) >= 11 is 0. The van der Waals surface area contributed by atoms with Gasteiger partial charge in [-0.1, -0.05) is 68.1 Å². The Kier molecular flexibility index (Phi) is 7.25. The summed E-state index contributed by atoms with van der Waals surface area (Å²) in [5.74, 6) is 6.33. The van der Waals surface area contributed by atoms with Crippen LogP contribution in [0.5, 0.6) is 0 Å². The normalized spacial score (nSPS) is 29.9. The predicted molar refractivity (Wildman–Crippen MR) is 121 cm³/mol. The number of allylic oxidation sites excluding steroid dienone is 7. The first-order valence-electron chi connectivity index (χ1n) is 11.6. The minimum absolute atomic E-state index is 0.141. The molecule has 0 saturated heterocycles. The first kappa shape index (κ1) is 22.1. The van der Waals surface area contributed by atoms with E-state index in [4.69, 9.17) is 0 Å². The molecule has 29 heavy (non-hydrogen) atoms. The van der Waals surface area contributed by atoms with Gasteiger partial charge in [-0.25, -0.2) is 0 Å². The summed E-state index contributed by atoms with van der Waals surface area (Å²) in [6.45, 7) is 6.38. The van der Waals surface area contributed by atoms with E-state index in [1.54, 1.807) is 0 Å². The van der Waals surface area contributed by atoms with Gasteiger partial charge in [-0.2, -0.15) is 0 Å². The molecule has 3 rings (SSSR count). The summed E-state index contributed by atoms with van der Waals surface area (Å²) in [7, 11) is 0. The van der Waals surface area contributed by atoms with E-state index in [0.29, 0.717) is 12.8 Å². The standard InChI is InChI=1S/C27H38O2/c1-4-27(29,5-2)19-7-6-12-23-16-17-25-22(11-9-18-26(23,25)3)15-14-21-10-8-13-24(28)20-21/h14-17,24,28-29H,4-6,8-13,18,20H2,1-3H3/b21-14-,22-15+/t24-,26?/m0/s1. The molecule has 2 atom stereocenters. The Hall–Kier alpha value is -1.56. The maximum Gasteiger partial charge on any atom is 0.125 e. The molecule has 0 amide bonds. The Morgan fingerprint density at radius 3 is 2.69 bits per heavy atom. The third-order valence-electron chi connectivity index (χ3n) is 7.29. The molecule has 0 spiro atoms. The zero-order valence-electron chi connectivity index (χ0n) is 18.6. The SMILES string of the molecule is CCC(O)(C#CCCC1=CC=C2/C(=C/C=C3/CCC[C@H](O)C3)CCCC12C)CC. The number of fused-ring (bicyclic) bond motifs is 1. The van der Waals surface area contributed by atoms with E-state index in [2.05, 4.69) is 43.1 Å². The quantitative estimate of drug-likeness (QED) is 0.548. The van der Waals surface area contributed by atoms with Crippen molar-refractivity contribution in [3.05, 3.63) is 46.6 Å². The van der Waals surface area contributed by atoms with Crippen molar-refractivity contribution in [2.75, 3.05) is 0 Å². The number of rotatable bonds is 5. The monoisotopic (exact) mass is 394 g/mol. The molecule has 1 unspecified atom stereocenters. The number of hydrogen-bond acceptors (Lipinski definition) is 2. The molecular formula is C27H38O2. The van der Waals surface area contributed by atoms with Gasteiger partial charge in [-0.3, -0.25) is 0 Å². The van der Waals surface area contributed by atoms with Gasteiger partial charge in [0.05, 0.1) is 6.10 Å². The molecule has 2 fully saturated rings. The van der Waals surface area contributed by atoms with Crippen LogP contribution in [-0.2, 0) is 0 Å². The second kappa shape index (κ2) is 9.50. The fourth-order valence-corrected chi connectivity index (χ4v) is 5.07. The summed E-state index contributed by atoms with van der Waals surface area (Å²) in [4.78, 5) is 0. The van der Waals surface area contributed by atoms with E-state index in [9.17, 15) is 10.2 Å². The van der Waals surface area contributed by atoms with Crippen molar-refractivity contribution in [2.45, 2.75) is 103 Å². The molecular weight excluding hydrogens is 356 g/mol. The Labute approximate surface area is 177 Å². The highest BCUT2D eigenvalue weighted by Crippen LogP contribution is 2.52. The maximum atomic E-state index is 10.3. The van der Waals surface area contributed by atoms with Crippen LogP contribution in [0.1, 0.15) is 91.4 Å². The van der Waals surface area contributed by atoms with Crippen molar-refractivity contribution >= 4 is 0 Å². The second-order valence-electron chi connectivity index (χ2n) is 9.27. The smallest absolute Gasteiger partial charge is 0.125 e. The number of aliphatic hydroxyl groups is 2. The first-order valence-corrected chi connectivity index (χ1v) is 11.6. The van der Waals surface area contributed by atoms with Crippen LogP contribution >= 0.6 is 0 Å². The lowest BCUT2D eigenvalue weighted by atomic mass is 9.67. The van der Waals surface area contributed by atoms with Crippen LogP contribution in [0.4, 0.5) is 0 Å². The van der Waals surface area contributed by atoms with Gasteiger partial charge in [0, 0.05) is 11.8 Å². The van der Waals surface area contributed by atoms with E-state index < -0.39 is 5.60 Å². The lowest BCUT2D eigenvalue weighted by Gasteiger charge is -2.37. The van der Waals surface area contributed by atoms with Crippen molar-refractivity contribution in [3.63, 3.8) is 0 Å². The zero-order valence-corrected chi connectivity index (χ0v) is 18.6. The topological polar surface area (TPSA) is 40.5 Å². The van der Waals surface area contributed by atoms with Gasteiger partial charge in [0.2, 0.25) is 0 Å². The molecule has 2 nitrogen and oxygen atoms in total. The van der Waals surface area contributed by atoms with Crippen molar-refractivity contribution < 1.29 is 10.2 Å². The molecule has 2 heteroatoms. The van der Waals surface area contributed by atoms with E-state index in [1.165, 1.54) is 35.1 Å². The summed E-state index contributed by atoms with van der Waals surface area (Å²) in [6, 6.07) is 0. The lowest BCUT2D eigenvalue weighted by molar-refractivity contribution is 0.0930. The molecule has 0 aliphatic heterocycles. The number of hydrogen-bond donors (Lipinski definition) is 2. The zero-order chi connectivity index (χ0) is 20.9. The number of aliphatic hydroxyl groups excluding tert-OH is 1. The van der Waals surface area contributed by atoms with Gasteiger partial charge in [0.1, 0.15) is 5.60 Å². The third-order valence-corrected chi connectivity index (χ3v) is 7.29. The average Bonchev–Trinajstić information content (AvgIpc) is 3.06. The fraction of sp³-hybridized carbons (Fsp3) is 0.630. The molecule has 0 bridgehead atoms. The summed E-state index contributed by atoms with van der Waals surface area (Å²) in [5, 5.41) is 20.3. The molecule has 2 N–H and O–H groups in total. The predicted octanol–water partition coefficient (Wildman–Crippen LogP) is 6.17. The molecule has 0 radical (unpaired) electrons. The minimum Gasteiger partial charge on any atom is -0.393 e. The Balaban J connectivity index is 1.66. The van der Waals surface area contributed by atoms with Gasteiger partial charge >= 0.3 is 0 Å². The van der Waals surface area contributed by atoms with Crippen LogP contribution < -0.4 is 0 Å². The van der Waals surface area contributed by atoms with Crippen LogP contribution in [0.3, 0.4) is 0 Å². The van der Waals surface area contributed by atoms with Crippen molar-refractivity contribution in [2.24, 2.45) is 5.41 Å². The van der Waals surface area contributed by atoms with Gasteiger partial charge in [0.25, 0.3) is 0 Å². The summed E-state index contributed by atoms with van der Waals surface area (Å²) in [6.07, 6.45) is 19.9. The van der Waals surface area contributed by atoms with Gasteiger partial charge in [-0.05, 0) is 75.4 Å². The van der Waals surface area contributed by atoms with Crippen molar-refractivity contribution in [1.29, 1.82) is 0 Å². The van der Waals surface area contributed by atoms with Gasteiger partial charge in [-0.15, -0.1) is 0 Å². The maximum absolute atomic E-state index is 10.3. The third kappa shape index (κ3) is 5.14. The van der Waals surface area contributed by atoms with Crippen molar-refractivity contribution in [3.8, 4) is 11.8 Å². The second-order valence-corrected chi connectivity index (χ2v) is 9.27. The molecule has 158 valence electrons. The molecule has 0 aromatic carbocycles. The highest BCUT2D eigenvalue weighted by molar-refractivity contribution is 5.53. The molecule has 3 aliphatic rings. The summed E-state index contributed by atoms with van der Waals surface area (Å²) in [5.41, 5.74) is 5.16. The minimum atomic E-state index is -0.821. The van der Waals surface area contributed by atoms with Crippen molar-refractivity contribution in [1.82, 2.24) is 0 Å².